The molecule has 0 aromatic heterocycles. The standard InChI is InChI=1S/C17H24N2O4/c1-2-21-15-5-3-14(4-6-15)18-19-16(20)13-7-9-17(10-8-13)22-11-12-23-17/h3-6,13,18H,2,7-12H2,1H3,(H,19,20). The van der Waals surface area contributed by atoms with Gasteiger partial charge in [0.05, 0.1) is 25.5 Å². The normalized spacial score (nSPS) is 20.4. The van der Waals surface area contributed by atoms with Gasteiger partial charge in [-0.2, -0.15) is 0 Å². The number of carbonyl (C=O) groups excluding carboxylic acids is 1. The highest BCUT2D eigenvalue weighted by molar-refractivity contribution is 5.80. The van der Waals surface area contributed by atoms with E-state index in [0.717, 1.165) is 37.1 Å². The van der Waals surface area contributed by atoms with Crippen molar-refractivity contribution in [2.24, 2.45) is 5.92 Å². The molecule has 1 aromatic rings. The number of hydrogen-bond acceptors (Lipinski definition) is 5. The molecule has 2 aliphatic rings. The average molecular weight is 320 g/mol. The maximum Gasteiger partial charge on any atom is 0.241 e. The lowest BCUT2D eigenvalue weighted by molar-refractivity contribution is -0.183. The van der Waals surface area contributed by atoms with Crippen molar-refractivity contribution >= 4 is 11.6 Å². The molecule has 23 heavy (non-hydrogen) atoms. The Balaban J connectivity index is 1.44. The number of rotatable bonds is 5. The first kappa shape index (κ1) is 16.1. The van der Waals surface area contributed by atoms with E-state index in [2.05, 4.69) is 10.9 Å². The van der Waals surface area contributed by atoms with Crippen molar-refractivity contribution in [3.63, 3.8) is 0 Å². The van der Waals surface area contributed by atoms with E-state index in [1.807, 2.05) is 31.2 Å². The second-order valence-electron chi connectivity index (χ2n) is 5.95. The van der Waals surface area contributed by atoms with Gasteiger partial charge < -0.3 is 14.2 Å². The predicted molar refractivity (Wildman–Crippen MR) is 86.0 cm³/mol. The van der Waals surface area contributed by atoms with Crippen LogP contribution in [-0.4, -0.2) is 31.5 Å². The SMILES string of the molecule is CCOc1ccc(NNC(=O)C2CCC3(CC2)OCCO3)cc1. The molecule has 0 unspecified atom stereocenters. The van der Waals surface area contributed by atoms with Gasteiger partial charge in [0.25, 0.3) is 0 Å². The van der Waals surface area contributed by atoms with Gasteiger partial charge in [-0.3, -0.25) is 15.6 Å². The Labute approximate surface area is 136 Å². The zero-order valence-electron chi connectivity index (χ0n) is 13.5. The lowest BCUT2D eigenvalue weighted by atomic mass is 9.84. The molecule has 1 amide bonds. The van der Waals surface area contributed by atoms with Crippen LogP contribution in [0.1, 0.15) is 32.6 Å². The smallest absolute Gasteiger partial charge is 0.241 e. The number of amides is 1. The highest BCUT2D eigenvalue weighted by atomic mass is 16.7. The van der Waals surface area contributed by atoms with Gasteiger partial charge in [-0.05, 0) is 44.0 Å². The van der Waals surface area contributed by atoms with Gasteiger partial charge in [-0.25, -0.2) is 0 Å². The van der Waals surface area contributed by atoms with E-state index in [9.17, 15) is 4.79 Å². The Morgan fingerprint density at radius 2 is 1.87 bits per heavy atom. The van der Waals surface area contributed by atoms with Gasteiger partial charge in [0, 0.05) is 18.8 Å². The Kier molecular flexibility index (Phi) is 5.03. The minimum absolute atomic E-state index is 0.00335. The molecule has 1 spiro atoms. The second kappa shape index (κ2) is 7.19. The monoisotopic (exact) mass is 320 g/mol. The number of anilines is 1. The van der Waals surface area contributed by atoms with E-state index in [0.29, 0.717) is 19.8 Å². The Morgan fingerprint density at radius 1 is 1.22 bits per heavy atom. The van der Waals surface area contributed by atoms with E-state index >= 15 is 0 Å². The Morgan fingerprint density at radius 3 is 2.48 bits per heavy atom. The molecule has 1 heterocycles. The van der Waals surface area contributed by atoms with Crippen molar-refractivity contribution in [3.05, 3.63) is 24.3 Å². The number of benzene rings is 1. The summed E-state index contributed by atoms with van der Waals surface area (Å²) in [5.74, 6) is 0.424. The average Bonchev–Trinajstić information content (AvgIpc) is 3.03. The van der Waals surface area contributed by atoms with Crippen LogP contribution < -0.4 is 15.6 Å². The number of hydrazine groups is 1. The first-order valence-electron chi connectivity index (χ1n) is 8.27. The number of hydrogen-bond donors (Lipinski definition) is 2. The fourth-order valence-corrected chi connectivity index (χ4v) is 3.14. The summed E-state index contributed by atoms with van der Waals surface area (Å²) >= 11 is 0. The zero-order chi connectivity index (χ0) is 16.1. The molecule has 1 aliphatic heterocycles. The summed E-state index contributed by atoms with van der Waals surface area (Å²) < 4.78 is 16.8. The third-order valence-corrected chi connectivity index (χ3v) is 4.43. The van der Waals surface area contributed by atoms with E-state index in [1.165, 1.54) is 0 Å². The van der Waals surface area contributed by atoms with Gasteiger partial charge in [0.1, 0.15) is 5.75 Å². The minimum atomic E-state index is -0.417. The summed E-state index contributed by atoms with van der Waals surface area (Å²) in [4.78, 5) is 12.3. The lowest BCUT2D eigenvalue weighted by Crippen LogP contribution is -2.41. The molecule has 1 aliphatic carbocycles. The fraction of sp³-hybridized carbons (Fsp3) is 0.588. The molecule has 2 N–H and O–H groups in total. The van der Waals surface area contributed by atoms with Gasteiger partial charge in [0.2, 0.25) is 5.91 Å². The van der Waals surface area contributed by atoms with Crippen LogP contribution in [-0.2, 0) is 14.3 Å². The minimum Gasteiger partial charge on any atom is -0.494 e. The van der Waals surface area contributed by atoms with Crippen LogP contribution in [0.15, 0.2) is 24.3 Å². The largest absolute Gasteiger partial charge is 0.494 e. The maximum atomic E-state index is 12.3. The van der Waals surface area contributed by atoms with Crippen molar-refractivity contribution in [2.75, 3.05) is 25.2 Å². The van der Waals surface area contributed by atoms with E-state index in [-0.39, 0.29) is 11.8 Å². The second-order valence-corrected chi connectivity index (χ2v) is 5.95. The van der Waals surface area contributed by atoms with Crippen molar-refractivity contribution in [3.8, 4) is 5.75 Å². The molecule has 6 heteroatoms. The van der Waals surface area contributed by atoms with E-state index < -0.39 is 5.79 Å². The quantitative estimate of drug-likeness (QED) is 0.816. The summed E-state index contributed by atoms with van der Waals surface area (Å²) in [6.07, 6.45) is 3.15. The number of nitrogens with one attached hydrogen (secondary N) is 2. The van der Waals surface area contributed by atoms with E-state index in [1.54, 1.807) is 0 Å². The van der Waals surface area contributed by atoms with Gasteiger partial charge in [0.15, 0.2) is 5.79 Å². The molecule has 6 nitrogen and oxygen atoms in total. The molecule has 1 saturated heterocycles. The number of ether oxygens (including phenoxy) is 3. The molecule has 2 fully saturated rings. The first-order chi connectivity index (χ1) is 11.2. The molecule has 0 radical (unpaired) electrons. The molecule has 126 valence electrons. The van der Waals surface area contributed by atoms with Crippen LogP contribution in [0.4, 0.5) is 5.69 Å². The van der Waals surface area contributed by atoms with Gasteiger partial charge in [-0.1, -0.05) is 0 Å². The maximum absolute atomic E-state index is 12.3. The predicted octanol–water partition coefficient (Wildman–Crippen LogP) is 2.46. The van der Waals surface area contributed by atoms with Gasteiger partial charge >= 0.3 is 0 Å². The van der Waals surface area contributed by atoms with Crippen molar-refractivity contribution in [2.45, 2.75) is 38.4 Å². The third kappa shape index (κ3) is 3.95. The highest BCUT2D eigenvalue weighted by Gasteiger charge is 2.41. The van der Waals surface area contributed by atoms with Crippen LogP contribution in [0.5, 0.6) is 5.75 Å². The first-order valence-corrected chi connectivity index (χ1v) is 8.27. The molecule has 1 aromatic carbocycles. The molecule has 1 saturated carbocycles. The van der Waals surface area contributed by atoms with Gasteiger partial charge in [-0.15, -0.1) is 0 Å². The molecule has 0 atom stereocenters. The summed E-state index contributed by atoms with van der Waals surface area (Å²) in [7, 11) is 0. The zero-order valence-corrected chi connectivity index (χ0v) is 13.5. The van der Waals surface area contributed by atoms with Crippen molar-refractivity contribution < 1.29 is 19.0 Å². The summed E-state index contributed by atoms with van der Waals surface area (Å²) in [6.45, 7) is 3.91. The molecular weight excluding hydrogens is 296 g/mol. The molecule has 0 bridgehead atoms. The third-order valence-electron chi connectivity index (χ3n) is 4.43. The number of carbonyl (C=O) groups is 1. The topological polar surface area (TPSA) is 68.8 Å². The van der Waals surface area contributed by atoms with Crippen LogP contribution in [0.3, 0.4) is 0 Å². The lowest BCUT2D eigenvalue weighted by Gasteiger charge is -2.34. The molecule has 3 rings (SSSR count). The summed E-state index contributed by atoms with van der Waals surface area (Å²) in [5.41, 5.74) is 6.57. The van der Waals surface area contributed by atoms with Crippen LogP contribution in [0, 0.1) is 5.92 Å². The summed E-state index contributed by atoms with van der Waals surface area (Å²) in [5, 5.41) is 0. The van der Waals surface area contributed by atoms with Crippen LogP contribution >= 0.6 is 0 Å². The van der Waals surface area contributed by atoms with Crippen LogP contribution in [0.2, 0.25) is 0 Å². The highest BCUT2D eigenvalue weighted by Crippen LogP contribution is 2.38. The molecular formula is C17H24N2O4. The Bertz CT molecular complexity index is 516. The Hall–Kier alpha value is -1.79. The fourth-order valence-electron chi connectivity index (χ4n) is 3.14. The summed E-state index contributed by atoms with van der Waals surface area (Å²) in [6, 6.07) is 7.50. The van der Waals surface area contributed by atoms with Crippen molar-refractivity contribution in [1.29, 1.82) is 0 Å². The van der Waals surface area contributed by atoms with E-state index in [4.69, 9.17) is 14.2 Å². The van der Waals surface area contributed by atoms with Crippen molar-refractivity contribution in [1.82, 2.24) is 5.43 Å². The van der Waals surface area contributed by atoms with Crippen LogP contribution in [0.25, 0.3) is 0 Å².